The molecule has 0 fully saturated rings. The van der Waals surface area contributed by atoms with Crippen LogP contribution in [0.1, 0.15) is 24.5 Å². The summed E-state index contributed by atoms with van der Waals surface area (Å²) in [5.41, 5.74) is 8.54. The third-order valence-electron chi connectivity index (χ3n) is 3.50. The third kappa shape index (κ3) is 3.72. The molecule has 0 aliphatic carbocycles. The van der Waals surface area contributed by atoms with Crippen molar-refractivity contribution in [1.29, 1.82) is 0 Å². The maximum absolute atomic E-state index is 5.77. The second kappa shape index (κ2) is 6.21. The molecule has 0 radical (unpaired) electrons. The molecular weight excluding hydrogens is 224 g/mol. The quantitative estimate of drug-likeness (QED) is 0.835. The van der Waals surface area contributed by atoms with E-state index in [1.54, 1.807) is 0 Å². The number of fused-ring (bicyclic) bond motifs is 1. The Hall–Kier alpha value is -1.06. The Bertz CT molecular complexity index is 390. The van der Waals surface area contributed by atoms with Gasteiger partial charge in [-0.3, -0.25) is 0 Å². The van der Waals surface area contributed by atoms with Gasteiger partial charge in [-0.25, -0.2) is 0 Å². The van der Waals surface area contributed by atoms with Crippen molar-refractivity contribution >= 4 is 0 Å². The van der Waals surface area contributed by atoms with Crippen LogP contribution in [0.4, 0.5) is 0 Å². The van der Waals surface area contributed by atoms with E-state index in [4.69, 9.17) is 10.5 Å². The summed E-state index contributed by atoms with van der Waals surface area (Å²) in [5, 5.41) is 0. The highest BCUT2D eigenvalue weighted by Gasteiger charge is 2.12. The first-order chi connectivity index (χ1) is 8.65. The maximum atomic E-state index is 5.77. The number of likely N-dealkylation sites (N-methyl/N-ethyl adjacent to an activating group) is 1. The van der Waals surface area contributed by atoms with Gasteiger partial charge in [-0.15, -0.1) is 0 Å². The molecule has 1 aliphatic heterocycles. The molecule has 1 aromatic carbocycles. The summed E-state index contributed by atoms with van der Waals surface area (Å²) >= 11 is 0. The predicted octanol–water partition coefficient (Wildman–Crippen LogP) is 1.83. The molecule has 2 N–H and O–H groups in total. The molecule has 1 unspecified atom stereocenters. The highest BCUT2D eigenvalue weighted by atomic mass is 16.5. The molecule has 2 rings (SSSR count). The first kappa shape index (κ1) is 13.4. The number of hydrogen-bond acceptors (Lipinski definition) is 3. The van der Waals surface area contributed by atoms with Crippen LogP contribution >= 0.6 is 0 Å². The van der Waals surface area contributed by atoms with Gasteiger partial charge in [0.1, 0.15) is 5.75 Å². The molecule has 0 saturated heterocycles. The Balaban J connectivity index is 1.79. The Kier molecular flexibility index (Phi) is 4.61. The zero-order valence-electron chi connectivity index (χ0n) is 11.5. The standard InChI is InChI=1S/C15H24N2O/c1-12(16)5-8-17(2)9-6-13-3-4-15-14(11-13)7-10-18-15/h3-4,11-12H,5-10,16H2,1-2H3. The zero-order chi connectivity index (χ0) is 13.0. The Morgan fingerprint density at radius 3 is 3.00 bits per heavy atom. The molecule has 0 saturated carbocycles. The van der Waals surface area contributed by atoms with E-state index < -0.39 is 0 Å². The van der Waals surface area contributed by atoms with Crippen LogP contribution < -0.4 is 10.5 Å². The lowest BCUT2D eigenvalue weighted by atomic mass is 10.1. The van der Waals surface area contributed by atoms with Crippen LogP contribution in [0, 0.1) is 0 Å². The van der Waals surface area contributed by atoms with Crippen LogP contribution in [0.5, 0.6) is 5.75 Å². The zero-order valence-corrected chi connectivity index (χ0v) is 11.5. The van der Waals surface area contributed by atoms with Crippen LogP contribution in [0.25, 0.3) is 0 Å². The molecule has 1 aromatic rings. The van der Waals surface area contributed by atoms with Crippen molar-refractivity contribution in [2.75, 3.05) is 26.7 Å². The van der Waals surface area contributed by atoms with Gasteiger partial charge in [0.05, 0.1) is 6.61 Å². The van der Waals surface area contributed by atoms with Crippen LogP contribution in [0.3, 0.4) is 0 Å². The molecule has 1 aliphatic rings. The second-order valence-corrected chi connectivity index (χ2v) is 5.36. The summed E-state index contributed by atoms with van der Waals surface area (Å²) in [6, 6.07) is 6.88. The van der Waals surface area contributed by atoms with E-state index in [0.29, 0.717) is 6.04 Å². The minimum atomic E-state index is 0.296. The normalized spacial score (nSPS) is 15.6. The van der Waals surface area contributed by atoms with Gasteiger partial charge in [-0.05, 0) is 50.6 Å². The topological polar surface area (TPSA) is 38.5 Å². The average molecular weight is 248 g/mol. The third-order valence-corrected chi connectivity index (χ3v) is 3.50. The summed E-state index contributed by atoms with van der Waals surface area (Å²) in [5.74, 6) is 1.07. The molecule has 3 nitrogen and oxygen atoms in total. The van der Waals surface area contributed by atoms with E-state index in [2.05, 4.69) is 37.1 Å². The minimum Gasteiger partial charge on any atom is -0.493 e. The number of rotatable bonds is 6. The van der Waals surface area contributed by atoms with Gasteiger partial charge in [0.25, 0.3) is 0 Å². The largest absolute Gasteiger partial charge is 0.493 e. The van der Waals surface area contributed by atoms with E-state index in [1.807, 2.05) is 0 Å². The van der Waals surface area contributed by atoms with Gasteiger partial charge in [0.2, 0.25) is 0 Å². The van der Waals surface area contributed by atoms with Gasteiger partial charge in [-0.2, -0.15) is 0 Å². The summed E-state index contributed by atoms with van der Waals surface area (Å²) in [4.78, 5) is 2.35. The fraction of sp³-hybridized carbons (Fsp3) is 0.600. The lowest BCUT2D eigenvalue weighted by Crippen LogP contribution is -2.27. The molecule has 100 valence electrons. The van der Waals surface area contributed by atoms with Gasteiger partial charge in [-0.1, -0.05) is 12.1 Å². The van der Waals surface area contributed by atoms with E-state index >= 15 is 0 Å². The fourth-order valence-corrected chi connectivity index (χ4v) is 2.25. The highest BCUT2D eigenvalue weighted by Crippen LogP contribution is 2.25. The number of hydrogen-bond donors (Lipinski definition) is 1. The van der Waals surface area contributed by atoms with Crippen molar-refractivity contribution < 1.29 is 4.74 Å². The van der Waals surface area contributed by atoms with Gasteiger partial charge in [0.15, 0.2) is 0 Å². The Morgan fingerprint density at radius 1 is 1.39 bits per heavy atom. The first-order valence-electron chi connectivity index (χ1n) is 6.84. The molecule has 18 heavy (non-hydrogen) atoms. The van der Waals surface area contributed by atoms with Crippen LogP contribution in [0.15, 0.2) is 18.2 Å². The van der Waals surface area contributed by atoms with E-state index in [0.717, 1.165) is 44.7 Å². The van der Waals surface area contributed by atoms with Gasteiger partial charge >= 0.3 is 0 Å². The lowest BCUT2D eigenvalue weighted by Gasteiger charge is -2.17. The van der Waals surface area contributed by atoms with Crippen LogP contribution in [0.2, 0.25) is 0 Å². The number of nitrogens with zero attached hydrogens (tertiary/aromatic N) is 1. The summed E-state index contributed by atoms with van der Waals surface area (Å²) in [7, 11) is 2.17. The molecule has 3 heteroatoms. The Labute approximate surface area is 110 Å². The molecule has 0 aromatic heterocycles. The minimum absolute atomic E-state index is 0.296. The number of nitrogens with two attached hydrogens (primary N) is 1. The fourth-order valence-electron chi connectivity index (χ4n) is 2.25. The van der Waals surface area contributed by atoms with Crippen molar-refractivity contribution in [2.45, 2.75) is 32.2 Å². The van der Waals surface area contributed by atoms with Gasteiger partial charge in [0, 0.05) is 19.0 Å². The first-order valence-corrected chi connectivity index (χ1v) is 6.84. The van der Waals surface area contributed by atoms with Crippen molar-refractivity contribution in [3.8, 4) is 5.75 Å². The monoisotopic (exact) mass is 248 g/mol. The molecule has 0 spiro atoms. The number of benzene rings is 1. The molecule has 1 atom stereocenters. The number of ether oxygens (including phenoxy) is 1. The van der Waals surface area contributed by atoms with Crippen molar-refractivity contribution in [2.24, 2.45) is 5.73 Å². The van der Waals surface area contributed by atoms with E-state index in [1.165, 1.54) is 11.1 Å². The van der Waals surface area contributed by atoms with Crippen molar-refractivity contribution in [3.63, 3.8) is 0 Å². The smallest absolute Gasteiger partial charge is 0.122 e. The van der Waals surface area contributed by atoms with Crippen LogP contribution in [-0.4, -0.2) is 37.7 Å². The van der Waals surface area contributed by atoms with E-state index in [9.17, 15) is 0 Å². The summed E-state index contributed by atoms with van der Waals surface area (Å²) < 4.78 is 5.52. The molecular formula is C15H24N2O. The van der Waals surface area contributed by atoms with Crippen molar-refractivity contribution in [1.82, 2.24) is 4.90 Å². The van der Waals surface area contributed by atoms with E-state index in [-0.39, 0.29) is 0 Å². The van der Waals surface area contributed by atoms with Crippen molar-refractivity contribution in [3.05, 3.63) is 29.3 Å². The summed E-state index contributed by atoms with van der Waals surface area (Å²) in [6.07, 6.45) is 3.22. The molecule has 0 bridgehead atoms. The summed E-state index contributed by atoms with van der Waals surface area (Å²) in [6.45, 7) is 5.07. The average Bonchev–Trinajstić information content (AvgIpc) is 2.81. The Morgan fingerprint density at radius 2 is 2.22 bits per heavy atom. The SMILES string of the molecule is CC(N)CCN(C)CCc1ccc2c(c1)CCO2. The second-order valence-electron chi connectivity index (χ2n) is 5.36. The molecule has 0 amide bonds. The highest BCUT2D eigenvalue weighted by molar-refractivity contribution is 5.39. The lowest BCUT2D eigenvalue weighted by molar-refractivity contribution is 0.324. The molecule has 1 heterocycles. The van der Waals surface area contributed by atoms with Crippen LogP contribution in [-0.2, 0) is 12.8 Å². The predicted molar refractivity (Wildman–Crippen MR) is 75.1 cm³/mol. The van der Waals surface area contributed by atoms with Gasteiger partial charge < -0.3 is 15.4 Å². The maximum Gasteiger partial charge on any atom is 0.122 e.